The first-order chi connectivity index (χ1) is 13.9. The molecule has 1 amide bonds. The molecule has 1 atom stereocenters. The van der Waals surface area contributed by atoms with E-state index in [1.165, 1.54) is 22.5 Å². The lowest BCUT2D eigenvalue weighted by molar-refractivity contribution is 0.102. The van der Waals surface area contributed by atoms with Crippen LogP contribution in [0.1, 0.15) is 22.8 Å². The zero-order chi connectivity index (χ0) is 20.2. The van der Waals surface area contributed by atoms with Gasteiger partial charge in [0.25, 0.3) is 15.9 Å². The third-order valence-corrected chi connectivity index (χ3v) is 7.18. The van der Waals surface area contributed by atoms with Crippen molar-refractivity contribution in [2.24, 2.45) is 0 Å². The SMILES string of the molecule is C[C@H]1Cc2ccccc2N1S(=O)(=O)c1ccc2c(c1)C(=O)Nc1ccccc1O2. The van der Waals surface area contributed by atoms with Gasteiger partial charge in [-0.15, -0.1) is 0 Å². The second kappa shape index (κ2) is 6.35. The summed E-state index contributed by atoms with van der Waals surface area (Å²) in [5.41, 5.74) is 2.40. The molecule has 0 aromatic heterocycles. The number of fused-ring (bicyclic) bond motifs is 3. The zero-order valence-electron chi connectivity index (χ0n) is 15.6. The Hall–Kier alpha value is -3.32. The fourth-order valence-corrected chi connectivity index (χ4v) is 5.64. The van der Waals surface area contributed by atoms with Gasteiger partial charge in [0.15, 0.2) is 5.75 Å². The molecule has 5 rings (SSSR count). The van der Waals surface area contributed by atoms with Crippen molar-refractivity contribution in [1.82, 2.24) is 0 Å². The van der Waals surface area contributed by atoms with Gasteiger partial charge in [0.05, 0.1) is 21.8 Å². The number of nitrogens with zero attached hydrogens (tertiary/aromatic N) is 1. The van der Waals surface area contributed by atoms with Crippen molar-refractivity contribution < 1.29 is 17.9 Å². The van der Waals surface area contributed by atoms with E-state index >= 15 is 0 Å². The normalized spacial score (nSPS) is 17.5. The molecule has 3 aromatic carbocycles. The summed E-state index contributed by atoms with van der Waals surface area (Å²) in [5.74, 6) is 0.426. The molecule has 0 spiro atoms. The summed E-state index contributed by atoms with van der Waals surface area (Å²) < 4.78 is 34.2. The van der Waals surface area contributed by atoms with E-state index in [1.807, 2.05) is 31.2 Å². The number of hydrogen-bond donors (Lipinski definition) is 1. The Morgan fingerprint density at radius 2 is 1.76 bits per heavy atom. The highest BCUT2D eigenvalue weighted by Crippen LogP contribution is 2.39. The first-order valence-corrected chi connectivity index (χ1v) is 10.7. The van der Waals surface area contributed by atoms with Crippen LogP contribution < -0.4 is 14.4 Å². The van der Waals surface area contributed by atoms with Gasteiger partial charge in [-0.1, -0.05) is 30.3 Å². The molecule has 1 N–H and O–H groups in total. The van der Waals surface area contributed by atoms with Crippen molar-refractivity contribution in [3.05, 3.63) is 77.9 Å². The van der Waals surface area contributed by atoms with E-state index < -0.39 is 15.9 Å². The summed E-state index contributed by atoms with van der Waals surface area (Å²) in [7, 11) is -3.84. The lowest BCUT2D eigenvalue weighted by Gasteiger charge is -2.24. The van der Waals surface area contributed by atoms with Gasteiger partial charge in [-0.3, -0.25) is 9.10 Å². The summed E-state index contributed by atoms with van der Waals surface area (Å²) in [6, 6.07) is 18.8. The lowest BCUT2D eigenvalue weighted by atomic mass is 10.1. The minimum Gasteiger partial charge on any atom is -0.454 e. The number of carbonyl (C=O) groups excluding carboxylic acids is 1. The van der Waals surface area contributed by atoms with E-state index in [2.05, 4.69) is 5.32 Å². The molecule has 0 unspecified atom stereocenters. The number of anilines is 2. The Bertz CT molecular complexity index is 1250. The Morgan fingerprint density at radius 1 is 1.00 bits per heavy atom. The van der Waals surface area contributed by atoms with Crippen molar-refractivity contribution in [2.75, 3.05) is 9.62 Å². The molecule has 0 fully saturated rings. The average Bonchev–Trinajstić information content (AvgIpc) is 2.98. The molecule has 0 bridgehead atoms. The third kappa shape index (κ3) is 2.77. The van der Waals surface area contributed by atoms with Gasteiger partial charge in [0.1, 0.15) is 5.75 Å². The largest absolute Gasteiger partial charge is 0.454 e. The molecule has 0 saturated carbocycles. The quantitative estimate of drug-likeness (QED) is 0.693. The van der Waals surface area contributed by atoms with Crippen molar-refractivity contribution in [3.8, 4) is 11.5 Å². The van der Waals surface area contributed by atoms with Crippen LogP contribution in [0.15, 0.2) is 71.6 Å². The number of benzene rings is 3. The minimum absolute atomic E-state index is 0.0597. The number of hydrogen-bond acceptors (Lipinski definition) is 4. The Morgan fingerprint density at radius 3 is 2.62 bits per heavy atom. The summed E-state index contributed by atoms with van der Waals surface area (Å²) in [5, 5.41) is 2.78. The maximum absolute atomic E-state index is 13.5. The number of rotatable bonds is 2. The molecule has 6 nitrogen and oxygen atoms in total. The highest BCUT2D eigenvalue weighted by molar-refractivity contribution is 7.92. The smallest absolute Gasteiger partial charge is 0.264 e. The van der Waals surface area contributed by atoms with Gasteiger partial charge in [-0.2, -0.15) is 0 Å². The monoisotopic (exact) mass is 406 g/mol. The predicted molar refractivity (Wildman–Crippen MR) is 110 cm³/mol. The van der Waals surface area contributed by atoms with Crippen molar-refractivity contribution in [1.29, 1.82) is 0 Å². The number of para-hydroxylation sites is 3. The van der Waals surface area contributed by atoms with E-state index in [-0.39, 0.29) is 16.5 Å². The highest BCUT2D eigenvalue weighted by Gasteiger charge is 2.36. The molecule has 2 aliphatic heterocycles. The minimum atomic E-state index is -3.84. The van der Waals surface area contributed by atoms with Crippen LogP contribution in [0.5, 0.6) is 11.5 Å². The average molecular weight is 406 g/mol. The molecule has 0 saturated heterocycles. The first-order valence-electron chi connectivity index (χ1n) is 9.30. The fraction of sp³-hybridized carbons (Fsp3) is 0.136. The topological polar surface area (TPSA) is 75.7 Å². The number of nitrogens with one attached hydrogen (secondary N) is 1. The van der Waals surface area contributed by atoms with Gasteiger partial charge in [-0.25, -0.2) is 8.42 Å². The summed E-state index contributed by atoms with van der Waals surface area (Å²) in [6.07, 6.45) is 0.652. The van der Waals surface area contributed by atoms with Gasteiger partial charge in [0.2, 0.25) is 0 Å². The van der Waals surface area contributed by atoms with Crippen LogP contribution in [0.4, 0.5) is 11.4 Å². The summed E-state index contributed by atoms with van der Waals surface area (Å²) in [4.78, 5) is 12.8. The van der Waals surface area contributed by atoms with Crippen molar-refractivity contribution in [2.45, 2.75) is 24.3 Å². The van der Waals surface area contributed by atoms with E-state index in [0.29, 0.717) is 29.3 Å². The van der Waals surface area contributed by atoms with Gasteiger partial charge < -0.3 is 10.1 Å². The Balaban J connectivity index is 1.59. The Labute approximate surface area is 168 Å². The number of ether oxygens (including phenoxy) is 1. The highest BCUT2D eigenvalue weighted by atomic mass is 32.2. The van der Waals surface area contributed by atoms with Crippen LogP contribution in [0.25, 0.3) is 0 Å². The van der Waals surface area contributed by atoms with Gasteiger partial charge in [0, 0.05) is 6.04 Å². The van der Waals surface area contributed by atoms with Crippen LogP contribution in [-0.4, -0.2) is 20.4 Å². The standard InChI is InChI=1S/C22H18N2O4S/c1-14-12-15-6-2-4-8-19(15)24(14)29(26,27)16-10-11-20-17(13-16)22(25)23-18-7-3-5-9-21(18)28-20/h2-11,13-14H,12H2,1H3,(H,23,25)/t14-/m0/s1. The lowest BCUT2D eigenvalue weighted by Crippen LogP contribution is -2.35. The molecule has 3 aromatic rings. The molecular formula is C22H18N2O4S. The van der Waals surface area contributed by atoms with Crippen LogP contribution >= 0.6 is 0 Å². The molecule has 7 heteroatoms. The van der Waals surface area contributed by atoms with Crippen LogP contribution in [-0.2, 0) is 16.4 Å². The maximum atomic E-state index is 13.5. The third-order valence-electron chi connectivity index (χ3n) is 5.25. The number of sulfonamides is 1. The molecular weight excluding hydrogens is 388 g/mol. The van der Waals surface area contributed by atoms with E-state index in [1.54, 1.807) is 24.3 Å². The van der Waals surface area contributed by atoms with Gasteiger partial charge in [-0.05, 0) is 55.3 Å². The first kappa shape index (κ1) is 17.8. The molecule has 0 radical (unpaired) electrons. The summed E-state index contributed by atoms with van der Waals surface area (Å²) in [6.45, 7) is 1.88. The van der Waals surface area contributed by atoms with Crippen LogP contribution in [0.2, 0.25) is 0 Å². The molecule has 2 heterocycles. The van der Waals surface area contributed by atoms with Crippen LogP contribution in [0.3, 0.4) is 0 Å². The van der Waals surface area contributed by atoms with Crippen LogP contribution in [0, 0.1) is 0 Å². The maximum Gasteiger partial charge on any atom is 0.264 e. The summed E-state index contributed by atoms with van der Waals surface area (Å²) >= 11 is 0. The van der Waals surface area contributed by atoms with Crippen molar-refractivity contribution in [3.63, 3.8) is 0 Å². The Kier molecular flexibility index (Phi) is 3.89. The molecule has 2 aliphatic rings. The van der Waals surface area contributed by atoms with Gasteiger partial charge >= 0.3 is 0 Å². The predicted octanol–water partition coefficient (Wildman–Crippen LogP) is 4.18. The number of carbonyl (C=O) groups is 1. The molecule has 0 aliphatic carbocycles. The molecule has 29 heavy (non-hydrogen) atoms. The van der Waals surface area contributed by atoms with E-state index in [9.17, 15) is 13.2 Å². The molecule has 146 valence electrons. The second-order valence-corrected chi connectivity index (χ2v) is 9.01. The number of amides is 1. The van der Waals surface area contributed by atoms with Crippen molar-refractivity contribution >= 4 is 27.3 Å². The van der Waals surface area contributed by atoms with E-state index in [0.717, 1.165) is 5.56 Å². The second-order valence-electron chi connectivity index (χ2n) is 7.19. The zero-order valence-corrected chi connectivity index (χ0v) is 16.4. The van der Waals surface area contributed by atoms with E-state index in [4.69, 9.17) is 4.74 Å². The fourth-order valence-electron chi connectivity index (χ4n) is 3.92.